The molecule has 0 radical (unpaired) electrons. The average molecular weight is 346 g/mol. The first-order valence-corrected chi connectivity index (χ1v) is 8.95. The summed E-state index contributed by atoms with van der Waals surface area (Å²) in [6.07, 6.45) is 2.97. The van der Waals surface area contributed by atoms with Gasteiger partial charge in [-0.3, -0.25) is 4.79 Å². The highest BCUT2D eigenvalue weighted by atomic mass is 35.5. The molecule has 0 atom stereocenters. The lowest BCUT2D eigenvalue weighted by Crippen LogP contribution is -2.46. The molecule has 0 aliphatic heterocycles. The topological polar surface area (TPSA) is 72.5 Å². The van der Waals surface area contributed by atoms with E-state index >= 15 is 0 Å². The van der Waals surface area contributed by atoms with E-state index in [-0.39, 0.29) is 15.8 Å². The van der Waals surface area contributed by atoms with Crippen molar-refractivity contribution >= 4 is 27.5 Å². The molecule has 0 heterocycles. The van der Waals surface area contributed by atoms with Crippen LogP contribution in [-0.2, 0) is 14.8 Å². The van der Waals surface area contributed by atoms with Crippen molar-refractivity contribution in [1.29, 1.82) is 0 Å². The SMILES string of the molecule is COc1ccc(Cl)c(S(=O)(=O)NC(=O)C(C)(C)C2CCC2)c1. The Balaban J connectivity index is 2.26. The van der Waals surface area contributed by atoms with Gasteiger partial charge in [-0.1, -0.05) is 31.9 Å². The molecular formula is C15H20ClNO4S. The van der Waals surface area contributed by atoms with Crippen LogP contribution in [0.3, 0.4) is 0 Å². The van der Waals surface area contributed by atoms with Crippen molar-refractivity contribution < 1.29 is 17.9 Å². The Morgan fingerprint density at radius 2 is 2.00 bits per heavy atom. The highest BCUT2D eigenvalue weighted by molar-refractivity contribution is 7.90. The Bertz CT molecular complexity index is 681. The van der Waals surface area contributed by atoms with Gasteiger partial charge in [0.25, 0.3) is 10.0 Å². The lowest BCUT2D eigenvalue weighted by Gasteiger charge is -2.38. The first kappa shape index (κ1) is 17.1. The zero-order valence-corrected chi connectivity index (χ0v) is 14.4. The maximum Gasteiger partial charge on any atom is 0.265 e. The molecule has 1 saturated carbocycles. The van der Waals surface area contributed by atoms with Crippen LogP contribution in [0.25, 0.3) is 0 Å². The third-order valence-corrected chi connectivity index (χ3v) is 6.18. The Labute approximate surface area is 136 Å². The third-order valence-electron chi connectivity index (χ3n) is 4.37. The van der Waals surface area contributed by atoms with Gasteiger partial charge < -0.3 is 4.74 Å². The van der Waals surface area contributed by atoms with E-state index in [0.717, 1.165) is 19.3 Å². The van der Waals surface area contributed by atoms with Gasteiger partial charge in [-0.05, 0) is 30.9 Å². The van der Waals surface area contributed by atoms with Crippen LogP contribution >= 0.6 is 11.6 Å². The molecule has 1 amide bonds. The molecule has 0 aromatic heterocycles. The fourth-order valence-electron chi connectivity index (χ4n) is 2.44. The van der Waals surface area contributed by atoms with Crippen molar-refractivity contribution in [3.63, 3.8) is 0 Å². The first-order chi connectivity index (χ1) is 10.2. The van der Waals surface area contributed by atoms with Crippen molar-refractivity contribution in [2.24, 2.45) is 11.3 Å². The number of carbonyl (C=O) groups is 1. The van der Waals surface area contributed by atoms with Crippen LogP contribution in [0.15, 0.2) is 23.1 Å². The van der Waals surface area contributed by atoms with Gasteiger partial charge >= 0.3 is 0 Å². The first-order valence-electron chi connectivity index (χ1n) is 7.09. The zero-order valence-electron chi connectivity index (χ0n) is 12.8. The third kappa shape index (κ3) is 3.22. The highest BCUT2D eigenvalue weighted by Crippen LogP contribution is 2.42. The largest absolute Gasteiger partial charge is 0.497 e. The minimum absolute atomic E-state index is 0.0440. The molecule has 1 aliphatic rings. The summed E-state index contributed by atoms with van der Waals surface area (Å²) < 4.78 is 32.0. The maximum atomic E-state index is 12.4. The van der Waals surface area contributed by atoms with Crippen LogP contribution in [-0.4, -0.2) is 21.4 Å². The maximum absolute atomic E-state index is 12.4. The number of halogens is 1. The summed E-state index contributed by atoms with van der Waals surface area (Å²) in [5.74, 6) is 0.0649. The number of carbonyl (C=O) groups excluding carboxylic acids is 1. The lowest BCUT2D eigenvalue weighted by molar-refractivity contribution is -0.132. The van der Waals surface area contributed by atoms with E-state index in [9.17, 15) is 13.2 Å². The molecule has 0 spiro atoms. The average Bonchev–Trinajstić information content (AvgIpc) is 2.35. The molecule has 22 heavy (non-hydrogen) atoms. The second-order valence-corrected chi connectivity index (χ2v) is 8.14. The predicted octanol–water partition coefficient (Wildman–Crippen LogP) is 2.98. The molecule has 1 aromatic rings. The molecule has 1 fully saturated rings. The molecule has 7 heteroatoms. The van der Waals surface area contributed by atoms with Gasteiger partial charge in [0.15, 0.2) is 0 Å². The molecule has 1 aromatic carbocycles. The summed E-state index contributed by atoms with van der Waals surface area (Å²) in [6.45, 7) is 3.55. The monoisotopic (exact) mass is 345 g/mol. The van der Waals surface area contributed by atoms with Gasteiger partial charge in [0.2, 0.25) is 5.91 Å². The van der Waals surface area contributed by atoms with Crippen LogP contribution < -0.4 is 9.46 Å². The van der Waals surface area contributed by atoms with Gasteiger partial charge in [-0.2, -0.15) is 0 Å². The molecule has 122 valence electrons. The molecule has 1 N–H and O–H groups in total. The molecule has 0 bridgehead atoms. The van der Waals surface area contributed by atoms with Crippen molar-refractivity contribution in [2.45, 2.75) is 38.0 Å². The Morgan fingerprint density at radius 1 is 1.36 bits per heavy atom. The van der Waals surface area contributed by atoms with E-state index in [1.165, 1.54) is 19.2 Å². The standard InChI is InChI=1S/C15H20ClNO4S/c1-15(2,10-5-4-6-10)14(18)17-22(19,20)13-9-11(21-3)7-8-12(13)16/h7-10H,4-6H2,1-3H3,(H,17,18). The predicted molar refractivity (Wildman–Crippen MR) is 84.5 cm³/mol. The number of ether oxygens (including phenoxy) is 1. The molecule has 2 rings (SSSR count). The molecule has 5 nitrogen and oxygen atoms in total. The number of sulfonamides is 1. The van der Waals surface area contributed by atoms with Gasteiger partial charge in [-0.15, -0.1) is 0 Å². The minimum Gasteiger partial charge on any atom is -0.497 e. The number of amides is 1. The number of methoxy groups -OCH3 is 1. The normalized spacial score (nSPS) is 16.0. The molecule has 1 aliphatic carbocycles. The fraction of sp³-hybridized carbons (Fsp3) is 0.533. The van der Waals surface area contributed by atoms with Crippen LogP contribution in [0.5, 0.6) is 5.75 Å². The number of benzene rings is 1. The number of rotatable bonds is 5. The summed E-state index contributed by atoms with van der Waals surface area (Å²) >= 11 is 5.95. The quantitative estimate of drug-likeness (QED) is 0.890. The van der Waals surface area contributed by atoms with Gasteiger partial charge in [0.1, 0.15) is 10.6 Å². The van der Waals surface area contributed by atoms with E-state index in [4.69, 9.17) is 16.3 Å². The minimum atomic E-state index is -4.04. The fourth-order valence-corrected chi connectivity index (χ4v) is 4.08. The Hall–Kier alpha value is -1.27. The lowest BCUT2D eigenvalue weighted by atomic mass is 9.67. The van der Waals surface area contributed by atoms with Crippen LogP contribution in [0.4, 0.5) is 0 Å². The zero-order chi connectivity index (χ0) is 16.5. The number of hydrogen-bond donors (Lipinski definition) is 1. The summed E-state index contributed by atoms with van der Waals surface area (Å²) in [6, 6.07) is 4.28. The second kappa shape index (κ2) is 6.08. The van der Waals surface area contributed by atoms with E-state index in [0.29, 0.717) is 5.75 Å². The Morgan fingerprint density at radius 3 is 2.50 bits per heavy atom. The van der Waals surface area contributed by atoms with E-state index in [2.05, 4.69) is 4.72 Å². The van der Waals surface area contributed by atoms with Gasteiger partial charge in [0.05, 0.1) is 12.1 Å². The summed E-state index contributed by atoms with van der Waals surface area (Å²) in [7, 11) is -2.61. The summed E-state index contributed by atoms with van der Waals surface area (Å²) in [5, 5.41) is 0.0440. The van der Waals surface area contributed by atoms with Crippen LogP contribution in [0.1, 0.15) is 33.1 Å². The van der Waals surface area contributed by atoms with Crippen molar-refractivity contribution in [3.05, 3.63) is 23.2 Å². The van der Waals surface area contributed by atoms with Crippen molar-refractivity contribution in [2.75, 3.05) is 7.11 Å². The Kier molecular flexibility index (Phi) is 4.73. The highest BCUT2D eigenvalue weighted by Gasteiger charge is 2.41. The summed E-state index contributed by atoms with van der Waals surface area (Å²) in [4.78, 5) is 12.2. The number of nitrogens with one attached hydrogen (secondary N) is 1. The van der Waals surface area contributed by atoms with Gasteiger partial charge in [0, 0.05) is 11.5 Å². The van der Waals surface area contributed by atoms with Crippen LogP contribution in [0, 0.1) is 11.3 Å². The van der Waals surface area contributed by atoms with E-state index in [1.54, 1.807) is 19.9 Å². The van der Waals surface area contributed by atoms with E-state index < -0.39 is 21.3 Å². The van der Waals surface area contributed by atoms with Crippen molar-refractivity contribution in [1.82, 2.24) is 4.72 Å². The van der Waals surface area contributed by atoms with Gasteiger partial charge in [-0.25, -0.2) is 13.1 Å². The molecular weight excluding hydrogens is 326 g/mol. The van der Waals surface area contributed by atoms with Crippen molar-refractivity contribution in [3.8, 4) is 5.75 Å². The number of hydrogen-bond acceptors (Lipinski definition) is 4. The second-order valence-electron chi connectivity index (χ2n) is 6.08. The summed E-state index contributed by atoms with van der Waals surface area (Å²) in [5.41, 5.74) is -0.726. The molecule has 0 unspecified atom stereocenters. The smallest absolute Gasteiger partial charge is 0.265 e. The molecule has 0 saturated heterocycles. The van der Waals surface area contributed by atoms with E-state index in [1.807, 2.05) is 0 Å². The van der Waals surface area contributed by atoms with Crippen LogP contribution in [0.2, 0.25) is 5.02 Å².